The number of hydrogen-bond donors (Lipinski definition) is 1. The molecule has 0 saturated carbocycles. The predicted molar refractivity (Wildman–Crippen MR) is 110 cm³/mol. The zero-order chi connectivity index (χ0) is 21.0. The van der Waals surface area contributed by atoms with Crippen molar-refractivity contribution in [1.82, 2.24) is 10.2 Å². The Hall–Kier alpha value is -2.98. The molecule has 0 unspecified atom stereocenters. The third-order valence-electron chi connectivity index (χ3n) is 3.82. The molecule has 150 valence electrons. The first kappa shape index (κ1) is 20.7. The Morgan fingerprint density at radius 3 is 2.69 bits per heavy atom. The number of aromatic nitrogens is 2. The Kier molecular flexibility index (Phi) is 6.45. The molecule has 0 aliphatic rings. The molecule has 1 aromatic carbocycles. The lowest BCUT2D eigenvalue weighted by molar-refractivity contribution is -0.114. The smallest absolute Gasteiger partial charge is 0.343 e. The van der Waals surface area contributed by atoms with E-state index < -0.39 is 11.4 Å². The van der Waals surface area contributed by atoms with E-state index >= 15 is 0 Å². The van der Waals surface area contributed by atoms with Crippen LogP contribution in [-0.2, 0) is 10.5 Å². The number of aryl methyl sites for hydroxylation is 2. The van der Waals surface area contributed by atoms with E-state index in [0.717, 1.165) is 17.4 Å². The number of ether oxygens (including phenoxy) is 1. The number of carbonyl (C=O) groups is 2. The fraction of sp³-hybridized carbons (Fsp3) is 0.211. The van der Waals surface area contributed by atoms with E-state index in [4.69, 9.17) is 9.15 Å². The van der Waals surface area contributed by atoms with Crippen molar-refractivity contribution in [3.63, 3.8) is 0 Å². The van der Waals surface area contributed by atoms with Crippen LogP contribution in [0.25, 0.3) is 0 Å². The van der Waals surface area contributed by atoms with Gasteiger partial charge in [0.25, 0.3) is 0 Å². The molecule has 0 saturated heterocycles. The van der Waals surface area contributed by atoms with Crippen molar-refractivity contribution in [2.24, 2.45) is 0 Å². The summed E-state index contributed by atoms with van der Waals surface area (Å²) in [7, 11) is 0. The van der Waals surface area contributed by atoms with E-state index in [-0.39, 0.29) is 11.7 Å². The fourth-order valence-electron chi connectivity index (χ4n) is 2.22. The Morgan fingerprint density at radius 2 is 2.00 bits per heavy atom. The zero-order valence-electron chi connectivity index (χ0n) is 15.8. The van der Waals surface area contributed by atoms with Crippen LogP contribution in [0.3, 0.4) is 0 Å². The average Bonchev–Trinajstić information content (AvgIpc) is 3.10. The van der Waals surface area contributed by atoms with Crippen LogP contribution in [0.1, 0.15) is 34.2 Å². The molecular weight excluding hydrogens is 414 g/mol. The van der Waals surface area contributed by atoms with Gasteiger partial charge in [-0.05, 0) is 37.1 Å². The summed E-state index contributed by atoms with van der Waals surface area (Å²) < 4.78 is 11.2. The molecule has 2 aromatic heterocycles. The third kappa shape index (κ3) is 5.52. The highest BCUT2D eigenvalue weighted by Crippen LogP contribution is 2.28. The lowest BCUT2D eigenvalue weighted by atomic mass is 10.1. The number of hydrogen-bond acceptors (Lipinski definition) is 9. The minimum atomic E-state index is -0.623. The molecule has 0 bridgehead atoms. The number of thioether (sulfide) groups is 1. The topological polar surface area (TPSA) is 111 Å². The van der Waals surface area contributed by atoms with Crippen LogP contribution < -0.4 is 15.5 Å². The normalized spacial score (nSPS) is 10.6. The first-order chi connectivity index (χ1) is 13.8. The van der Waals surface area contributed by atoms with E-state index in [2.05, 4.69) is 15.5 Å². The standard InChI is InChI=1S/C19H17N3O5S2/c1-10-4-5-13(6-11(10)2)17(25)27-16-8-26-14(7-15(16)24)9-28-19-22-21-18(29-19)20-12(3)23/h4-8H,9H2,1-3H3,(H,20,21,23). The van der Waals surface area contributed by atoms with Gasteiger partial charge in [-0.15, -0.1) is 10.2 Å². The molecule has 3 aromatic rings. The summed E-state index contributed by atoms with van der Waals surface area (Å²) in [6, 6.07) is 6.45. The molecule has 0 aliphatic carbocycles. The Bertz CT molecular complexity index is 1120. The monoisotopic (exact) mass is 431 g/mol. The molecule has 0 fully saturated rings. The molecular formula is C19H17N3O5S2. The quantitative estimate of drug-likeness (QED) is 0.358. The van der Waals surface area contributed by atoms with Gasteiger partial charge in [0.1, 0.15) is 12.0 Å². The summed E-state index contributed by atoms with van der Waals surface area (Å²) in [5.74, 6) is -0.306. The van der Waals surface area contributed by atoms with Crippen LogP contribution in [0.15, 0.2) is 44.1 Å². The van der Waals surface area contributed by atoms with E-state index in [0.29, 0.717) is 26.5 Å². The molecule has 0 aliphatic heterocycles. The number of rotatable bonds is 6. The van der Waals surface area contributed by atoms with Crippen LogP contribution in [0.5, 0.6) is 5.75 Å². The van der Waals surface area contributed by atoms with Gasteiger partial charge >= 0.3 is 5.97 Å². The van der Waals surface area contributed by atoms with E-state index in [1.807, 2.05) is 19.9 Å². The van der Waals surface area contributed by atoms with Gasteiger partial charge in [0.15, 0.2) is 4.34 Å². The third-order valence-corrected chi connectivity index (χ3v) is 5.82. The van der Waals surface area contributed by atoms with E-state index in [1.54, 1.807) is 12.1 Å². The number of carbonyl (C=O) groups excluding carboxylic acids is 2. The highest BCUT2D eigenvalue weighted by Gasteiger charge is 2.14. The van der Waals surface area contributed by atoms with Crippen LogP contribution in [0.2, 0.25) is 0 Å². The predicted octanol–water partition coefficient (Wildman–Crippen LogP) is 3.58. The number of anilines is 1. The zero-order valence-corrected chi connectivity index (χ0v) is 17.5. The van der Waals surface area contributed by atoms with Gasteiger partial charge in [-0.3, -0.25) is 9.59 Å². The van der Waals surface area contributed by atoms with Crippen LogP contribution in [-0.4, -0.2) is 22.1 Å². The average molecular weight is 431 g/mol. The van der Waals surface area contributed by atoms with Crippen LogP contribution in [0.4, 0.5) is 5.13 Å². The minimum absolute atomic E-state index is 0.175. The van der Waals surface area contributed by atoms with E-state index in [1.165, 1.54) is 36.1 Å². The Balaban J connectivity index is 1.63. The second-order valence-electron chi connectivity index (χ2n) is 6.11. The lowest BCUT2D eigenvalue weighted by Crippen LogP contribution is -2.15. The van der Waals surface area contributed by atoms with Crippen LogP contribution in [0, 0.1) is 13.8 Å². The van der Waals surface area contributed by atoms with Crippen molar-refractivity contribution >= 4 is 40.1 Å². The maximum atomic E-state index is 12.3. The number of amides is 1. The molecule has 0 atom stereocenters. The van der Waals surface area contributed by atoms with Gasteiger partial charge in [-0.25, -0.2) is 4.79 Å². The summed E-state index contributed by atoms with van der Waals surface area (Å²) in [4.78, 5) is 35.5. The molecule has 0 radical (unpaired) electrons. The summed E-state index contributed by atoms with van der Waals surface area (Å²) in [5.41, 5.74) is 1.92. The van der Waals surface area contributed by atoms with Crippen molar-refractivity contribution in [3.05, 3.63) is 63.2 Å². The maximum absolute atomic E-state index is 12.3. The summed E-state index contributed by atoms with van der Waals surface area (Å²) in [5, 5.41) is 10.7. The molecule has 0 spiro atoms. The largest absolute Gasteiger partial charge is 0.464 e. The van der Waals surface area contributed by atoms with Crippen molar-refractivity contribution < 1.29 is 18.7 Å². The second-order valence-corrected chi connectivity index (χ2v) is 8.31. The first-order valence-electron chi connectivity index (χ1n) is 8.47. The molecule has 2 heterocycles. The molecule has 3 rings (SSSR count). The molecule has 10 heteroatoms. The van der Waals surface area contributed by atoms with Gasteiger partial charge in [0.05, 0.1) is 11.3 Å². The number of nitrogens with one attached hydrogen (secondary N) is 1. The molecule has 1 amide bonds. The van der Waals surface area contributed by atoms with Crippen molar-refractivity contribution in [2.75, 3.05) is 5.32 Å². The molecule has 8 nitrogen and oxygen atoms in total. The Morgan fingerprint density at radius 1 is 1.21 bits per heavy atom. The SMILES string of the molecule is CC(=O)Nc1nnc(SCc2cc(=O)c(OC(=O)c3ccc(C)c(C)c3)co2)s1. The van der Waals surface area contributed by atoms with Crippen molar-refractivity contribution in [2.45, 2.75) is 30.9 Å². The van der Waals surface area contributed by atoms with Gasteiger partial charge in [-0.1, -0.05) is 29.2 Å². The summed E-state index contributed by atoms with van der Waals surface area (Å²) in [6.45, 7) is 5.22. The lowest BCUT2D eigenvalue weighted by Gasteiger charge is -2.06. The van der Waals surface area contributed by atoms with Gasteiger partial charge in [0.2, 0.25) is 22.2 Å². The number of benzene rings is 1. The maximum Gasteiger partial charge on any atom is 0.343 e. The molecule has 29 heavy (non-hydrogen) atoms. The summed E-state index contributed by atoms with van der Waals surface area (Å²) >= 11 is 2.52. The minimum Gasteiger partial charge on any atom is -0.464 e. The highest BCUT2D eigenvalue weighted by atomic mass is 32.2. The van der Waals surface area contributed by atoms with Gasteiger partial charge in [0, 0.05) is 13.0 Å². The van der Waals surface area contributed by atoms with E-state index in [9.17, 15) is 14.4 Å². The molecule has 1 N–H and O–H groups in total. The van der Waals surface area contributed by atoms with Crippen molar-refractivity contribution in [1.29, 1.82) is 0 Å². The number of nitrogens with zero attached hydrogens (tertiary/aromatic N) is 2. The number of esters is 1. The second kappa shape index (κ2) is 9.01. The Labute approximate surface area is 174 Å². The van der Waals surface area contributed by atoms with Gasteiger partial charge < -0.3 is 14.5 Å². The summed E-state index contributed by atoms with van der Waals surface area (Å²) in [6.07, 6.45) is 1.13. The first-order valence-corrected chi connectivity index (χ1v) is 10.3. The van der Waals surface area contributed by atoms with Gasteiger partial charge in [-0.2, -0.15) is 0 Å². The van der Waals surface area contributed by atoms with Crippen molar-refractivity contribution in [3.8, 4) is 5.75 Å². The van der Waals surface area contributed by atoms with Crippen LogP contribution >= 0.6 is 23.1 Å². The fourth-order valence-corrected chi connectivity index (χ4v) is 3.91. The highest BCUT2D eigenvalue weighted by molar-refractivity contribution is 8.00.